The molecular weight excluding hydrogens is 307 g/mol. The summed E-state index contributed by atoms with van der Waals surface area (Å²) < 4.78 is 14.0. The first kappa shape index (κ1) is 14.9. The van der Waals surface area contributed by atoms with Crippen LogP contribution in [0, 0.1) is 5.82 Å². The van der Waals surface area contributed by atoms with Crippen LogP contribution >= 0.6 is 15.9 Å². The number of halogens is 2. The Morgan fingerprint density at radius 2 is 2.26 bits per heavy atom. The van der Waals surface area contributed by atoms with Crippen LogP contribution < -0.4 is 5.32 Å². The summed E-state index contributed by atoms with van der Waals surface area (Å²) in [5, 5.41) is 3.54. The highest BCUT2D eigenvalue weighted by molar-refractivity contribution is 9.10. The lowest BCUT2D eigenvalue weighted by molar-refractivity contribution is 0.193. The Kier molecular flexibility index (Phi) is 5.37. The molecule has 1 fully saturated rings. The van der Waals surface area contributed by atoms with E-state index >= 15 is 0 Å². The van der Waals surface area contributed by atoms with Crippen LogP contribution in [0.2, 0.25) is 0 Å². The van der Waals surface area contributed by atoms with Gasteiger partial charge in [-0.2, -0.15) is 0 Å². The maximum Gasteiger partial charge on any atom is 0.124 e. The minimum absolute atomic E-state index is 0.191. The second-order valence-corrected chi connectivity index (χ2v) is 6.41. The Labute approximate surface area is 123 Å². The van der Waals surface area contributed by atoms with Gasteiger partial charge in [0, 0.05) is 29.6 Å². The van der Waals surface area contributed by atoms with Crippen LogP contribution in [0.1, 0.15) is 32.3 Å². The normalized spacial score (nSPS) is 19.6. The van der Waals surface area contributed by atoms with E-state index in [1.807, 2.05) is 6.07 Å². The Morgan fingerprint density at radius 1 is 1.47 bits per heavy atom. The maximum absolute atomic E-state index is 13.1. The molecule has 1 aromatic carbocycles. The third-order valence-electron chi connectivity index (χ3n) is 3.74. The van der Waals surface area contributed by atoms with Crippen molar-refractivity contribution in [3.63, 3.8) is 0 Å². The van der Waals surface area contributed by atoms with Gasteiger partial charge in [-0.15, -0.1) is 0 Å². The molecule has 2 nitrogen and oxygen atoms in total. The number of hydrogen-bond acceptors (Lipinski definition) is 2. The van der Waals surface area contributed by atoms with Gasteiger partial charge in [0.15, 0.2) is 0 Å². The fourth-order valence-electron chi connectivity index (χ4n) is 2.52. The van der Waals surface area contributed by atoms with Crippen LogP contribution in [-0.4, -0.2) is 30.1 Å². The lowest BCUT2D eigenvalue weighted by Gasteiger charge is -2.29. The van der Waals surface area contributed by atoms with Crippen LogP contribution in [0.4, 0.5) is 4.39 Å². The first-order valence-corrected chi connectivity index (χ1v) is 7.77. The summed E-state index contributed by atoms with van der Waals surface area (Å²) in [5.74, 6) is -0.191. The third-order valence-corrected chi connectivity index (χ3v) is 4.47. The summed E-state index contributed by atoms with van der Waals surface area (Å²) >= 11 is 3.46. The van der Waals surface area contributed by atoms with E-state index in [0.717, 1.165) is 29.7 Å². The molecule has 1 aliphatic rings. The summed E-state index contributed by atoms with van der Waals surface area (Å²) in [6, 6.07) is 6.03. The topological polar surface area (TPSA) is 15.3 Å². The molecular formula is C15H22BrFN2. The zero-order valence-corrected chi connectivity index (χ0v) is 13.2. The standard InChI is InChI=1S/C15H22BrFN2/c1-11(2)19(10-14-4-3-7-18-14)9-12-5-6-13(17)8-15(12)16/h5-6,8,11,14,18H,3-4,7,9-10H2,1-2H3. The van der Waals surface area contributed by atoms with E-state index in [4.69, 9.17) is 0 Å². The van der Waals surface area contributed by atoms with E-state index in [1.165, 1.54) is 18.9 Å². The van der Waals surface area contributed by atoms with Crippen LogP contribution in [-0.2, 0) is 6.54 Å². The number of hydrogen-bond donors (Lipinski definition) is 1. The molecule has 19 heavy (non-hydrogen) atoms. The van der Waals surface area contributed by atoms with Crippen LogP contribution in [0.3, 0.4) is 0 Å². The minimum Gasteiger partial charge on any atom is -0.313 e. The van der Waals surface area contributed by atoms with Gasteiger partial charge in [0.2, 0.25) is 0 Å². The molecule has 0 aliphatic carbocycles. The molecule has 1 saturated heterocycles. The molecule has 0 radical (unpaired) electrons. The molecule has 1 heterocycles. The fraction of sp³-hybridized carbons (Fsp3) is 0.600. The van der Waals surface area contributed by atoms with Crippen LogP contribution in [0.25, 0.3) is 0 Å². The van der Waals surface area contributed by atoms with E-state index in [-0.39, 0.29) is 5.82 Å². The Hall–Kier alpha value is -0.450. The van der Waals surface area contributed by atoms with Gasteiger partial charge >= 0.3 is 0 Å². The van der Waals surface area contributed by atoms with Gasteiger partial charge in [-0.3, -0.25) is 4.90 Å². The van der Waals surface area contributed by atoms with Crippen molar-refractivity contribution in [2.75, 3.05) is 13.1 Å². The minimum atomic E-state index is -0.191. The van der Waals surface area contributed by atoms with Crippen LogP contribution in [0.5, 0.6) is 0 Å². The molecule has 2 rings (SSSR count). The van der Waals surface area contributed by atoms with E-state index in [9.17, 15) is 4.39 Å². The van der Waals surface area contributed by atoms with Crippen molar-refractivity contribution in [2.24, 2.45) is 0 Å². The monoisotopic (exact) mass is 328 g/mol. The highest BCUT2D eigenvalue weighted by Gasteiger charge is 2.20. The number of rotatable bonds is 5. The average Bonchev–Trinajstić information content (AvgIpc) is 2.84. The third kappa shape index (κ3) is 4.26. The molecule has 1 N–H and O–H groups in total. The summed E-state index contributed by atoms with van der Waals surface area (Å²) in [6.45, 7) is 7.48. The molecule has 0 spiro atoms. The SMILES string of the molecule is CC(C)N(Cc1ccc(F)cc1Br)CC1CCCN1. The maximum atomic E-state index is 13.1. The highest BCUT2D eigenvalue weighted by Crippen LogP contribution is 2.21. The van der Waals surface area contributed by atoms with Crippen molar-refractivity contribution in [1.29, 1.82) is 0 Å². The van der Waals surface area contributed by atoms with E-state index < -0.39 is 0 Å². The molecule has 0 bridgehead atoms. The quantitative estimate of drug-likeness (QED) is 0.889. The predicted molar refractivity (Wildman–Crippen MR) is 80.7 cm³/mol. The molecule has 0 aromatic heterocycles. The molecule has 0 amide bonds. The zero-order chi connectivity index (χ0) is 13.8. The van der Waals surface area contributed by atoms with Crippen molar-refractivity contribution in [2.45, 2.75) is 45.3 Å². The highest BCUT2D eigenvalue weighted by atomic mass is 79.9. The summed E-state index contributed by atoms with van der Waals surface area (Å²) in [6.07, 6.45) is 2.53. The van der Waals surface area contributed by atoms with Gasteiger partial charge in [0.1, 0.15) is 5.82 Å². The summed E-state index contributed by atoms with van der Waals surface area (Å²) in [5.41, 5.74) is 1.15. The van der Waals surface area contributed by atoms with Crippen molar-refractivity contribution >= 4 is 15.9 Å². The van der Waals surface area contributed by atoms with Gasteiger partial charge in [0.05, 0.1) is 0 Å². The first-order chi connectivity index (χ1) is 9.06. The Bertz CT molecular complexity index is 417. The van der Waals surface area contributed by atoms with E-state index in [0.29, 0.717) is 12.1 Å². The fourth-order valence-corrected chi connectivity index (χ4v) is 3.00. The lowest BCUT2D eigenvalue weighted by Crippen LogP contribution is -2.40. The van der Waals surface area contributed by atoms with Gasteiger partial charge in [0.25, 0.3) is 0 Å². The number of nitrogens with one attached hydrogen (secondary N) is 1. The van der Waals surface area contributed by atoms with Gasteiger partial charge in [-0.05, 0) is 50.9 Å². The van der Waals surface area contributed by atoms with E-state index in [2.05, 4.69) is 40.0 Å². The van der Waals surface area contributed by atoms with Gasteiger partial charge in [-0.1, -0.05) is 22.0 Å². The van der Waals surface area contributed by atoms with Crippen molar-refractivity contribution < 1.29 is 4.39 Å². The number of benzene rings is 1. The molecule has 106 valence electrons. The summed E-state index contributed by atoms with van der Waals surface area (Å²) in [4.78, 5) is 2.45. The first-order valence-electron chi connectivity index (χ1n) is 6.97. The Morgan fingerprint density at radius 3 is 2.84 bits per heavy atom. The summed E-state index contributed by atoms with van der Waals surface area (Å²) in [7, 11) is 0. The molecule has 1 aliphatic heterocycles. The van der Waals surface area contributed by atoms with Crippen molar-refractivity contribution in [1.82, 2.24) is 10.2 Å². The second-order valence-electron chi connectivity index (χ2n) is 5.55. The Balaban J connectivity index is 2.02. The van der Waals surface area contributed by atoms with Crippen LogP contribution in [0.15, 0.2) is 22.7 Å². The van der Waals surface area contributed by atoms with Gasteiger partial charge < -0.3 is 5.32 Å². The average molecular weight is 329 g/mol. The molecule has 4 heteroatoms. The van der Waals surface area contributed by atoms with Gasteiger partial charge in [-0.25, -0.2) is 4.39 Å². The lowest BCUT2D eigenvalue weighted by atomic mass is 10.1. The zero-order valence-electron chi connectivity index (χ0n) is 11.6. The largest absolute Gasteiger partial charge is 0.313 e. The molecule has 0 saturated carbocycles. The van der Waals surface area contributed by atoms with Crippen molar-refractivity contribution in [3.8, 4) is 0 Å². The second kappa shape index (κ2) is 6.82. The molecule has 1 aromatic rings. The predicted octanol–water partition coefficient (Wildman–Crippen LogP) is 3.55. The number of nitrogens with zero attached hydrogens (tertiary/aromatic N) is 1. The van der Waals surface area contributed by atoms with E-state index in [1.54, 1.807) is 6.07 Å². The molecule has 1 atom stereocenters. The van der Waals surface area contributed by atoms with Crippen molar-refractivity contribution in [3.05, 3.63) is 34.1 Å². The molecule has 1 unspecified atom stereocenters. The smallest absolute Gasteiger partial charge is 0.124 e.